The highest BCUT2D eigenvalue weighted by Gasteiger charge is 2.46. The maximum atomic E-state index is 12.8. The number of anilines is 1. The topological polar surface area (TPSA) is 77.9 Å². The zero-order chi connectivity index (χ0) is 16.8. The first-order valence-corrected chi connectivity index (χ1v) is 7.81. The third kappa shape index (κ3) is 2.38. The lowest BCUT2D eigenvalue weighted by Crippen LogP contribution is -2.50. The molecule has 6 nitrogen and oxygen atoms in total. The van der Waals surface area contributed by atoms with Crippen molar-refractivity contribution in [3.05, 3.63) is 29.3 Å². The summed E-state index contributed by atoms with van der Waals surface area (Å²) in [5.41, 5.74) is 1.16. The number of hydrogen-bond donors (Lipinski definition) is 1. The number of likely N-dealkylation sites (tertiary alicyclic amines) is 1. The molecule has 2 aliphatic heterocycles. The molecule has 2 heterocycles. The number of nitrogens with zero attached hydrogens (tertiary/aromatic N) is 2. The lowest BCUT2D eigenvalue weighted by molar-refractivity contribution is -0.147. The Morgan fingerprint density at radius 1 is 1.22 bits per heavy atom. The van der Waals surface area contributed by atoms with E-state index < -0.39 is 11.5 Å². The first-order valence-electron chi connectivity index (χ1n) is 7.81. The van der Waals surface area contributed by atoms with Crippen molar-refractivity contribution in [1.82, 2.24) is 4.90 Å². The lowest BCUT2D eigenvalue weighted by Gasteiger charge is -2.31. The molecule has 0 radical (unpaired) electrons. The van der Waals surface area contributed by atoms with Crippen LogP contribution in [0.3, 0.4) is 0 Å². The second kappa shape index (κ2) is 5.37. The maximum absolute atomic E-state index is 12.8. The van der Waals surface area contributed by atoms with Gasteiger partial charge in [0.05, 0.1) is 0 Å². The Kier molecular flexibility index (Phi) is 3.62. The fourth-order valence-corrected chi connectivity index (χ4v) is 3.53. The van der Waals surface area contributed by atoms with Crippen LogP contribution < -0.4 is 4.90 Å². The summed E-state index contributed by atoms with van der Waals surface area (Å²) in [6.45, 7) is 4.21. The number of benzene rings is 1. The maximum Gasteiger partial charge on any atom is 0.329 e. The van der Waals surface area contributed by atoms with Gasteiger partial charge in [0.1, 0.15) is 5.54 Å². The Morgan fingerprint density at radius 2 is 1.96 bits per heavy atom. The van der Waals surface area contributed by atoms with Crippen LogP contribution in [0.25, 0.3) is 0 Å². The quantitative estimate of drug-likeness (QED) is 0.900. The lowest BCUT2D eigenvalue weighted by atomic mass is 9.98. The van der Waals surface area contributed by atoms with Gasteiger partial charge in [0, 0.05) is 31.3 Å². The molecular formula is C17H20N2O4. The van der Waals surface area contributed by atoms with Gasteiger partial charge in [-0.05, 0) is 49.9 Å². The summed E-state index contributed by atoms with van der Waals surface area (Å²) < 4.78 is 0. The van der Waals surface area contributed by atoms with Crippen LogP contribution >= 0.6 is 0 Å². The largest absolute Gasteiger partial charge is 0.480 e. The van der Waals surface area contributed by atoms with E-state index in [1.54, 1.807) is 30.0 Å². The Bertz CT molecular complexity index is 700. The Morgan fingerprint density at radius 3 is 2.61 bits per heavy atom. The van der Waals surface area contributed by atoms with Crippen molar-refractivity contribution in [2.24, 2.45) is 0 Å². The number of aliphatic carboxylic acids is 1. The molecule has 1 unspecified atom stereocenters. The fraction of sp³-hybridized carbons (Fsp3) is 0.471. The van der Waals surface area contributed by atoms with E-state index in [-0.39, 0.29) is 11.8 Å². The van der Waals surface area contributed by atoms with Gasteiger partial charge in [-0.25, -0.2) is 4.79 Å². The summed E-state index contributed by atoms with van der Waals surface area (Å²) in [5, 5.41) is 9.45. The van der Waals surface area contributed by atoms with Gasteiger partial charge in [-0.15, -0.1) is 0 Å². The zero-order valence-electron chi connectivity index (χ0n) is 13.3. The molecule has 0 spiro atoms. The van der Waals surface area contributed by atoms with Crippen molar-refractivity contribution in [3.8, 4) is 0 Å². The average molecular weight is 316 g/mol. The zero-order valence-corrected chi connectivity index (χ0v) is 13.3. The molecule has 0 saturated carbocycles. The normalized spacial score (nSPS) is 23.0. The standard InChI is InChI=1S/C17H20N2O4/c1-11(20)18-9-6-12-10-13(4-5-14(12)18)15(21)19-8-3-7-17(19,2)16(22)23/h4-5,10H,3,6-9H2,1-2H3,(H,22,23). The van der Waals surface area contributed by atoms with Crippen molar-refractivity contribution in [3.63, 3.8) is 0 Å². The first-order chi connectivity index (χ1) is 10.8. The monoisotopic (exact) mass is 316 g/mol. The molecule has 1 fully saturated rings. The summed E-state index contributed by atoms with van der Waals surface area (Å²) >= 11 is 0. The Hall–Kier alpha value is -2.37. The molecule has 2 aliphatic rings. The van der Waals surface area contributed by atoms with E-state index in [0.717, 1.165) is 11.3 Å². The van der Waals surface area contributed by atoms with Crippen molar-refractivity contribution in [2.45, 2.75) is 38.6 Å². The van der Waals surface area contributed by atoms with Crippen LogP contribution in [0.1, 0.15) is 42.6 Å². The highest BCUT2D eigenvalue weighted by molar-refractivity contribution is 6.00. The molecule has 1 saturated heterocycles. The van der Waals surface area contributed by atoms with Crippen molar-refractivity contribution in [1.29, 1.82) is 0 Å². The Labute approximate surface area is 134 Å². The van der Waals surface area contributed by atoms with Crippen LogP contribution in [0, 0.1) is 0 Å². The molecule has 3 rings (SSSR count). The highest BCUT2D eigenvalue weighted by atomic mass is 16.4. The van der Waals surface area contributed by atoms with Gasteiger partial charge in [0.15, 0.2) is 0 Å². The number of carbonyl (C=O) groups is 3. The minimum absolute atomic E-state index is 0.0131. The van der Waals surface area contributed by atoms with Gasteiger partial charge < -0.3 is 14.9 Å². The summed E-state index contributed by atoms with van der Waals surface area (Å²) in [4.78, 5) is 39.0. The number of rotatable bonds is 2. The van der Waals surface area contributed by atoms with Gasteiger partial charge in [-0.3, -0.25) is 9.59 Å². The van der Waals surface area contributed by atoms with E-state index in [4.69, 9.17) is 0 Å². The van der Waals surface area contributed by atoms with E-state index in [2.05, 4.69) is 0 Å². The van der Waals surface area contributed by atoms with Gasteiger partial charge >= 0.3 is 5.97 Å². The second-order valence-electron chi connectivity index (χ2n) is 6.40. The molecule has 6 heteroatoms. The number of amides is 2. The summed E-state index contributed by atoms with van der Waals surface area (Å²) in [7, 11) is 0. The molecule has 122 valence electrons. The van der Waals surface area contributed by atoms with Crippen LogP contribution in [0.2, 0.25) is 0 Å². The smallest absolute Gasteiger partial charge is 0.329 e. The number of carboxylic acids is 1. The third-order valence-electron chi connectivity index (χ3n) is 4.95. The van der Waals surface area contributed by atoms with E-state index >= 15 is 0 Å². The molecule has 2 amide bonds. The van der Waals surface area contributed by atoms with Gasteiger partial charge in [-0.1, -0.05) is 0 Å². The second-order valence-corrected chi connectivity index (χ2v) is 6.40. The predicted octanol–water partition coefficient (Wildman–Crippen LogP) is 1.67. The summed E-state index contributed by atoms with van der Waals surface area (Å²) in [6.07, 6.45) is 1.88. The number of fused-ring (bicyclic) bond motifs is 1. The Balaban J connectivity index is 1.90. The van der Waals surface area contributed by atoms with E-state index in [9.17, 15) is 19.5 Å². The molecule has 0 aromatic heterocycles. The SMILES string of the molecule is CC(=O)N1CCc2cc(C(=O)N3CCCC3(C)C(=O)O)ccc21. The first kappa shape index (κ1) is 15.5. The minimum atomic E-state index is -1.14. The van der Waals surface area contributed by atoms with Crippen molar-refractivity contribution >= 4 is 23.5 Å². The van der Waals surface area contributed by atoms with Crippen LogP contribution in [0.4, 0.5) is 5.69 Å². The van der Waals surface area contributed by atoms with Crippen LogP contribution in [-0.4, -0.2) is 46.4 Å². The van der Waals surface area contributed by atoms with E-state index in [1.807, 2.05) is 0 Å². The molecule has 1 aromatic carbocycles. The summed E-state index contributed by atoms with van der Waals surface area (Å²) in [6, 6.07) is 5.26. The molecular weight excluding hydrogens is 296 g/mol. The van der Waals surface area contributed by atoms with E-state index in [0.29, 0.717) is 37.9 Å². The number of hydrogen-bond acceptors (Lipinski definition) is 3. The fourth-order valence-electron chi connectivity index (χ4n) is 3.53. The highest BCUT2D eigenvalue weighted by Crippen LogP contribution is 2.33. The van der Waals surface area contributed by atoms with E-state index in [1.165, 1.54) is 11.8 Å². The predicted molar refractivity (Wildman–Crippen MR) is 84.5 cm³/mol. The van der Waals surface area contributed by atoms with Crippen molar-refractivity contribution in [2.75, 3.05) is 18.0 Å². The summed E-state index contributed by atoms with van der Waals surface area (Å²) in [5.74, 6) is -1.23. The molecule has 1 aromatic rings. The number of carbonyl (C=O) groups excluding carboxylic acids is 2. The third-order valence-corrected chi connectivity index (χ3v) is 4.95. The van der Waals surface area contributed by atoms with Crippen molar-refractivity contribution < 1.29 is 19.5 Å². The van der Waals surface area contributed by atoms with Crippen LogP contribution in [-0.2, 0) is 16.0 Å². The molecule has 23 heavy (non-hydrogen) atoms. The molecule has 1 atom stereocenters. The average Bonchev–Trinajstić information content (AvgIpc) is 3.10. The van der Waals surface area contributed by atoms with Crippen LogP contribution in [0.5, 0.6) is 0 Å². The molecule has 1 N–H and O–H groups in total. The van der Waals surface area contributed by atoms with Gasteiger partial charge in [0.2, 0.25) is 5.91 Å². The van der Waals surface area contributed by atoms with Gasteiger partial charge in [0.25, 0.3) is 5.91 Å². The van der Waals surface area contributed by atoms with Crippen LogP contribution in [0.15, 0.2) is 18.2 Å². The minimum Gasteiger partial charge on any atom is -0.480 e. The molecule has 0 aliphatic carbocycles. The number of carboxylic acid groups (broad SMARTS) is 1. The van der Waals surface area contributed by atoms with Gasteiger partial charge in [-0.2, -0.15) is 0 Å². The molecule has 0 bridgehead atoms.